The van der Waals surface area contributed by atoms with E-state index in [1.165, 1.54) is 5.56 Å². The second-order valence-electron chi connectivity index (χ2n) is 6.98. The number of hydrogen-bond acceptors (Lipinski definition) is 2. The highest BCUT2D eigenvalue weighted by Gasteiger charge is 2.35. The molecule has 25 heavy (non-hydrogen) atoms. The van der Waals surface area contributed by atoms with E-state index in [0.29, 0.717) is 0 Å². The highest BCUT2D eigenvalue weighted by molar-refractivity contribution is 5.47. The Bertz CT molecular complexity index is 776. The molecule has 0 spiro atoms. The molecule has 1 aliphatic carbocycles. The van der Waals surface area contributed by atoms with Crippen LogP contribution in [0.3, 0.4) is 0 Å². The topological polar surface area (TPSA) is 40.5 Å². The molecule has 130 valence electrons. The standard InChI is InChI=1S/C23H26O2/c1-3-23(16-18-8-5-4-6-9-18,19-10-7-11-21(24)14-19)20-13-12-17(2)22(25)15-20/h4-15,17,22,24-25H,3,16H2,1-2H3/t17-,22?,23?/m1/s1. The molecule has 0 saturated carbocycles. The maximum atomic E-state index is 10.4. The van der Waals surface area contributed by atoms with E-state index in [0.717, 1.165) is 24.0 Å². The van der Waals surface area contributed by atoms with Crippen LogP contribution >= 0.6 is 0 Å². The predicted molar refractivity (Wildman–Crippen MR) is 103 cm³/mol. The second-order valence-corrected chi connectivity index (χ2v) is 6.98. The van der Waals surface area contributed by atoms with Gasteiger partial charge in [-0.3, -0.25) is 0 Å². The minimum Gasteiger partial charge on any atom is -0.508 e. The van der Waals surface area contributed by atoms with Crippen LogP contribution in [0.1, 0.15) is 31.4 Å². The van der Waals surface area contributed by atoms with E-state index in [4.69, 9.17) is 0 Å². The number of aliphatic hydroxyl groups is 1. The van der Waals surface area contributed by atoms with E-state index in [9.17, 15) is 10.2 Å². The van der Waals surface area contributed by atoms with Gasteiger partial charge in [-0.1, -0.05) is 74.5 Å². The first kappa shape index (κ1) is 17.5. The Hall–Kier alpha value is -2.32. The van der Waals surface area contributed by atoms with Crippen molar-refractivity contribution in [3.8, 4) is 5.75 Å². The molecule has 0 radical (unpaired) electrons. The van der Waals surface area contributed by atoms with Crippen molar-refractivity contribution < 1.29 is 10.2 Å². The van der Waals surface area contributed by atoms with E-state index in [1.807, 2.05) is 31.2 Å². The van der Waals surface area contributed by atoms with E-state index in [2.05, 4.69) is 49.4 Å². The molecule has 0 aromatic heterocycles. The molecule has 1 aliphatic rings. The lowest BCUT2D eigenvalue weighted by Gasteiger charge is -2.37. The fourth-order valence-corrected chi connectivity index (χ4v) is 3.73. The average molecular weight is 334 g/mol. The molecule has 2 aromatic rings. The van der Waals surface area contributed by atoms with Gasteiger partial charge in [-0.25, -0.2) is 0 Å². The van der Waals surface area contributed by atoms with Gasteiger partial charge in [-0.2, -0.15) is 0 Å². The fraction of sp³-hybridized carbons (Fsp3) is 0.304. The Morgan fingerprint density at radius 2 is 1.80 bits per heavy atom. The first-order chi connectivity index (χ1) is 12.0. The molecule has 0 bridgehead atoms. The Balaban J connectivity index is 2.13. The molecule has 2 heteroatoms. The van der Waals surface area contributed by atoms with Crippen LogP contribution in [0, 0.1) is 5.92 Å². The molecule has 0 saturated heterocycles. The van der Waals surface area contributed by atoms with Gasteiger partial charge in [0.25, 0.3) is 0 Å². The van der Waals surface area contributed by atoms with Gasteiger partial charge >= 0.3 is 0 Å². The summed E-state index contributed by atoms with van der Waals surface area (Å²) in [5.74, 6) is 0.400. The van der Waals surface area contributed by atoms with Crippen LogP contribution in [0.2, 0.25) is 0 Å². The van der Waals surface area contributed by atoms with E-state index in [-0.39, 0.29) is 17.1 Å². The lowest BCUT2D eigenvalue weighted by molar-refractivity contribution is 0.181. The van der Waals surface area contributed by atoms with Crippen LogP contribution in [0.4, 0.5) is 0 Å². The summed E-state index contributed by atoms with van der Waals surface area (Å²) in [6, 6.07) is 17.9. The van der Waals surface area contributed by atoms with Crippen molar-refractivity contribution in [2.24, 2.45) is 5.92 Å². The summed E-state index contributed by atoms with van der Waals surface area (Å²) >= 11 is 0. The lowest BCUT2D eigenvalue weighted by atomic mass is 9.66. The number of phenols is 1. The van der Waals surface area contributed by atoms with Crippen LogP contribution in [-0.2, 0) is 11.8 Å². The normalized spacial score (nSPS) is 22.3. The van der Waals surface area contributed by atoms with Gasteiger partial charge in [0.2, 0.25) is 0 Å². The number of aromatic hydroxyl groups is 1. The third-order valence-corrected chi connectivity index (χ3v) is 5.37. The van der Waals surface area contributed by atoms with Crippen LogP contribution in [-0.4, -0.2) is 16.3 Å². The van der Waals surface area contributed by atoms with Gasteiger partial charge in [0.05, 0.1) is 6.10 Å². The first-order valence-electron chi connectivity index (χ1n) is 8.97. The van der Waals surface area contributed by atoms with Crippen molar-refractivity contribution in [3.05, 3.63) is 89.5 Å². The zero-order valence-electron chi connectivity index (χ0n) is 14.9. The maximum absolute atomic E-state index is 10.4. The van der Waals surface area contributed by atoms with Gasteiger partial charge in [-0.05, 0) is 41.7 Å². The van der Waals surface area contributed by atoms with Crippen LogP contribution in [0.5, 0.6) is 5.75 Å². The number of aliphatic hydroxyl groups excluding tert-OH is 1. The molecule has 2 nitrogen and oxygen atoms in total. The Kier molecular flexibility index (Phi) is 5.10. The Morgan fingerprint density at radius 3 is 2.44 bits per heavy atom. The van der Waals surface area contributed by atoms with Crippen molar-refractivity contribution in [1.82, 2.24) is 0 Å². The molecular weight excluding hydrogens is 308 g/mol. The maximum Gasteiger partial charge on any atom is 0.115 e. The molecule has 2 aromatic carbocycles. The number of rotatable bonds is 5. The minimum absolute atomic E-state index is 0.124. The summed E-state index contributed by atoms with van der Waals surface area (Å²) in [5, 5.41) is 20.4. The van der Waals surface area contributed by atoms with Gasteiger partial charge in [0.15, 0.2) is 0 Å². The summed E-state index contributed by atoms with van der Waals surface area (Å²) < 4.78 is 0. The highest BCUT2D eigenvalue weighted by atomic mass is 16.3. The molecule has 3 atom stereocenters. The summed E-state index contributed by atoms with van der Waals surface area (Å²) in [6.45, 7) is 4.19. The predicted octanol–water partition coefficient (Wildman–Crippen LogP) is 4.78. The number of allylic oxidation sites excluding steroid dienone is 2. The Labute approximate surface area is 150 Å². The molecule has 0 aliphatic heterocycles. The number of hydrogen-bond donors (Lipinski definition) is 2. The summed E-state index contributed by atoms with van der Waals surface area (Å²) in [4.78, 5) is 0. The lowest BCUT2D eigenvalue weighted by Crippen LogP contribution is -2.33. The minimum atomic E-state index is -0.473. The van der Waals surface area contributed by atoms with E-state index in [1.54, 1.807) is 6.07 Å². The van der Waals surface area contributed by atoms with Gasteiger partial charge in [-0.15, -0.1) is 0 Å². The van der Waals surface area contributed by atoms with Gasteiger partial charge in [0.1, 0.15) is 5.75 Å². The molecule has 0 amide bonds. The zero-order chi connectivity index (χ0) is 17.9. The molecule has 0 heterocycles. The fourth-order valence-electron chi connectivity index (χ4n) is 3.73. The molecule has 3 rings (SSSR count). The number of phenolic OH excluding ortho intramolecular Hbond substituents is 1. The van der Waals surface area contributed by atoms with Crippen LogP contribution in [0.15, 0.2) is 78.4 Å². The molecular formula is C23H26O2. The average Bonchev–Trinajstić information content (AvgIpc) is 2.63. The quantitative estimate of drug-likeness (QED) is 0.826. The summed E-state index contributed by atoms with van der Waals surface area (Å²) in [7, 11) is 0. The van der Waals surface area contributed by atoms with Crippen molar-refractivity contribution in [2.75, 3.05) is 0 Å². The number of benzene rings is 2. The summed E-state index contributed by atoms with van der Waals surface area (Å²) in [6.07, 6.45) is 7.44. The third-order valence-electron chi connectivity index (χ3n) is 5.37. The third kappa shape index (κ3) is 3.54. The van der Waals surface area contributed by atoms with Crippen LogP contribution in [0.25, 0.3) is 0 Å². The largest absolute Gasteiger partial charge is 0.508 e. The first-order valence-corrected chi connectivity index (χ1v) is 8.97. The van der Waals surface area contributed by atoms with Gasteiger partial charge < -0.3 is 10.2 Å². The SMILES string of the molecule is CCC(Cc1ccccc1)(C1=CC(O)[C@H](C)C=C1)c1cccc(O)c1. The zero-order valence-corrected chi connectivity index (χ0v) is 14.9. The van der Waals surface area contributed by atoms with Crippen LogP contribution < -0.4 is 0 Å². The molecule has 0 fully saturated rings. The second kappa shape index (κ2) is 7.28. The van der Waals surface area contributed by atoms with Crippen molar-refractivity contribution >= 4 is 0 Å². The van der Waals surface area contributed by atoms with Crippen molar-refractivity contribution in [3.63, 3.8) is 0 Å². The van der Waals surface area contributed by atoms with Gasteiger partial charge in [0, 0.05) is 11.3 Å². The highest BCUT2D eigenvalue weighted by Crippen LogP contribution is 2.42. The monoisotopic (exact) mass is 334 g/mol. The Morgan fingerprint density at radius 1 is 1.04 bits per heavy atom. The van der Waals surface area contributed by atoms with Crippen molar-refractivity contribution in [2.45, 2.75) is 38.2 Å². The smallest absolute Gasteiger partial charge is 0.115 e. The van der Waals surface area contributed by atoms with E-state index >= 15 is 0 Å². The summed E-state index contributed by atoms with van der Waals surface area (Å²) in [5.41, 5.74) is 3.17. The van der Waals surface area contributed by atoms with E-state index < -0.39 is 6.10 Å². The molecule has 2 unspecified atom stereocenters. The molecule has 2 N–H and O–H groups in total. The van der Waals surface area contributed by atoms with Crippen molar-refractivity contribution in [1.29, 1.82) is 0 Å².